The molecule has 51 heavy (non-hydrogen) atoms. The van der Waals surface area contributed by atoms with Gasteiger partial charge >= 0.3 is 12.2 Å². The zero-order valence-electron chi connectivity index (χ0n) is 28.0. The van der Waals surface area contributed by atoms with Crippen molar-refractivity contribution < 1.29 is 31.5 Å². The van der Waals surface area contributed by atoms with E-state index < -0.39 is 40.7 Å². The number of hydrogen-bond acceptors (Lipinski definition) is 12. The molecule has 2 atom stereocenters. The Balaban J connectivity index is 1.19. The number of aromatic nitrogens is 6. The normalized spacial score (nSPS) is 21.1. The highest BCUT2D eigenvalue weighted by molar-refractivity contribution is 7.06. The van der Waals surface area contributed by atoms with Crippen LogP contribution in [0.4, 0.5) is 33.6 Å². The Labute approximate surface area is 293 Å². The third-order valence-corrected chi connectivity index (χ3v) is 10.5. The van der Waals surface area contributed by atoms with Gasteiger partial charge in [0.1, 0.15) is 52.2 Å². The van der Waals surface area contributed by atoms with Crippen LogP contribution in [0.3, 0.4) is 0 Å². The van der Waals surface area contributed by atoms with Gasteiger partial charge in [-0.2, -0.15) is 27.5 Å². The Kier molecular flexibility index (Phi) is 9.02. The Hall–Kier alpha value is -4.58. The maximum Gasteiger partial charge on any atom is 0.418 e. The van der Waals surface area contributed by atoms with E-state index in [1.807, 2.05) is 0 Å². The summed E-state index contributed by atoms with van der Waals surface area (Å²) < 4.78 is 83.8. The third kappa shape index (κ3) is 6.78. The maximum absolute atomic E-state index is 16.5. The van der Waals surface area contributed by atoms with Crippen molar-refractivity contribution in [2.45, 2.75) is 51.0 Å². The van der Waals surface area contributed by atoms with E-state index in [-0.39, 0.29) is 59.0 Å². The summed E-state index contributed by atoms with van der Waals surface area (Å²) in [6.45, 7) is 5.37. The maximum atomic E-state index is 16.5. The number of nitrogen functional groups attached to an aromatic ring is 1. The average molecular weight is 731 g/mol. The van der Waals surface area contributed by atoms with Crippen LogP contribution in [0, 0.1) is 25.6 Å². The quantitative estimate of drug-likeness (QED) is 0.187. The summed E-state index contributed by atoms with van der Waals surface area (Å²) in [7, 11) is 1.73. The molecule has 3 saturated heterocycles. The Morgan fingerprint density at radius 3 is 2.69 bits per heavy atom. The highest BCUT2D eigenvalue weighted by atomic mass is 32.1. The number of rotatable bonds is 9. The van der Waals surface area contributed by atoms with Crippen LogP contribution < -0.4 is 15.4 Å². The number of nitrogens with two attached hydrogens (primary N) is 1. The summed E-state index contributed by atoms with van der Waals surface area (Å²) in [6, 6.07) is 0.854. The molecule has 12 nitrogen and oxygen atoms in total. The molecule has 1 amide bonds. The van der Waals surface area contributed by atoms with Crippen molar-refractivity contribution in [1.29, 1.82) is 0 Å². The first-order valence-corrected chi connectivity index (χ1v) is 17.2. The molecule has 270 valence electrons. The van der Waals surface area contributed by atoms with Gasteiger partial charge in [0.15, 0.2) is 5.82 Å². The SMILES string of the molecule is Cc1nsc(/C=C/C(=O)N2CC(CN(C)c3nc(OC[C@@]45CCCN4C[C@H](F)C5)nc4c(F)c(-c5nc(N)cc(C)c5C(F)(F)F)ncc34)C2)n1. The molecule has 3 aliphatic heterocycles. The van der Waals surface area contributed by atoms with E-state index in [4.69, 9.17) is 10.5 Å². The molecule has 2 N–H and O–H groups in total. The topological polar surface area (TPSA) is 139 Å². The molecule has 7 heterocycles. The van der Waals surface area contributed by atoms with E-state index in [0.717, 1.165) is 19.0 Å². The van der Waals surface area contributed by atoms with E-state index in [2.05, 4.69) is 34.2 Å². The number of ether oxygens (including phenoxy) is 1. The number of alkyl halides is 4. The van der Waals surface area contributed by atoms with Gasteiger partial charge in [0.05, 0.1) is 16.5 Å². The van der Waals surface area contributed by atoms with Gasteiger partial charge in [-0.25, -0.2) is 18.7 Å². The molecule has 18 heteroatoms. The lowest BCUT2D eigenvalue weighted by Crippen LogP contribution is -2.53. The summed E-state index contributed by atoms with van der Waals surface area (Å²) in [4.78, 5) is 39.3. The smallest absolute Gasteiger partial charge is 0.418 e. The van der Waals surface area contributed by atoms with E-state index in [1.165, 1.54) is 30.7 Å². The summed E-state index contributed by atoms with van der Waals surface area (Å²) in [5.74, 6) is -0.664. The second kappa shape index (κ2) is 13.2. The number of aryl methyl sites for hydroxylation is 2. The Morgan fingerprint density at radius 2 is 1.96 bits per heavy atom. The minimum absolute atomic E-state index is 0.0299. The molecular weight excluding hydrogens is 695 g/mol. The van der Waals surface area contributed by atoms with Gasteiger partial charge in [0.2, 0.25) is 5.91 Å². The van der Waals surface area contributed by atoms with Gasteiger partial charge in [0, 0.05) is 57.8 Å². The van der Waals surface area contributed by atoms with Crippen LogP contribution in [-0.4, -0.2) is 103 Å². The van der Waals surface area contributed by atoms with Crippen LogP contribution in [0.5, 0.6) is 6.01 Å². The minimum atomic E-state index is -4.87. The molecule has 4 aromatic rings. The summed E-state index contributed by atoms with van der Waals surface area (Å²) in [5, 5.41) is 0.762. The van der Waals surface area contributed by atoms with Gasteiger partial charge in [0.25, 0.3) is 0 Å². The summed E-state index contributed by atoms with van der Waals surface area (Å²) >= 11 is 1.20. The van der Waals surface area contributed by atoms with Crippen molar-refractivity contribution >= 4 is 46.1 Å². The highest BCUT2D eigenvalue weighted by Gasteiger charge is 2.49. The third-order valence-electron chi connectivity index (χ3n) is 9.69. The van der Waals surface area contributed by atoms with Crippen molar-refractivity contribution in [3.05, 3.63) is 46.1 Å². The molecule has 3 aliphatic rings. The van der Waals surface area contributed by atoms with Gasteiger partial charge in [-0.1, -0.05) is 0 Å². The average Bonchev–Trinajstić information content (AvgIpc) is 3.72. The van der Waals surface area contributed by atoms with Crippen LogP contribution >= 0.6 is 11.5 Å². The van der Waals surface area contributed by atoms with Gasteiger partial charge < -0.3 is 20.3 Å². The highest BCUT2D eigenvalue weighted by Crippen LogP contribution is 2.42. The molecular formula is C33H35F5N10O2S. The minimum Gasteiger partial charge on any atom is -0.461 e. The van der Waals surface area contributed by atoms with E-state index in [9.17, 15) is 22.4 Å². The van der Waals surface area contributed by atoms with Crippen LogP contribution in [0.2, 0.25) is 0 Å². The molecule has 0 radical (unpaired) electrons. The molecule has 0 aromatic carbocycles. The number of carbonyl (C=O) groups is 1. The number of hydrogen-bond donors (Lipinski definition) is 1. The van der Waals surface area contributed by atoms with Crippen LogP contribution in [0.1, 0.15) is 41.2 Å². The van der Waals surface area contributed by atoms with E-state index in [0.29, 0.717) is 43.4 Å². The largest absolute Gasteiger partial charge is 0.461 e. The first-order valence-electron chi connectivity index (χ1n) is 16.4. The second-order valence-electron chi connectivity index (χ2n) is 13.5. The van der Waals surface area contributed by atoms with Gasteiger partial charge in [-0.15, -0.1) is 0 Å². The fraction of sp³-hybridized carbons (Fsp3) is 0.485. The van der Waals surface area contributed by atoms with Crippen molar-refractivity contribution in [3.8, 4) is 17.4 Å². The zero-order chi connectivity index (χ0) is 36.2. The second-order valence-corrected chi connectivity index (χ2v) is 14.2. The Morgan fingerprint density at radius 1 is 1.18 bits per heavy atom. The first-order chi connectivity index (χ1) is 24.2. The monoisotopic (exact) mass is 730 g/mol. The lowest BCUT2D eigenvalue weighted by molar-refractivity contribution is -0.137. The van der Waals surface area contributed by atoms with Gasteiger partial charge in [-0.05, 0) is 62.5 Å². The first kappa shape index (κ1) is 34.9. The van der Waals surface area contributed by atoms with Crippen molar-refractivity contribution in [3.63, 3.8) is 0 Å². The zero-order valence-corrected chi connectivity index (χ0v) is 28.9. The molecule has 0 unspecified atom stereocenters. The fourth-order valence-corrected chi connectivity index (χ4v) is 7.95. The fourth-order valence-electron chi connectivity index (χ4n) is 7.38. The molecule has 3 fully saturated rings. The standard InChI is InChI=1S/C33H35F5N10O2S/c1-17-9-22(39)42-28(25(17)33(36,37)38)29-26(35)27-21(11-40-29)30(44-31(43-27)50-16-32-7-4-8-48(32)15-20(34)10-32)46(3)12-19-13-47(14-19)24(49)6-5-23-41-18(2)45-51-23/h5-6,9,11,19-20H,4,7-8,10,12-16H2,1-3H3,(H2,39,42)/b6-5+/t20-,32+/m1/s1. The lowest BCUT2D eigenvalue weighted by Gasteiger charge is -2.40. The number of halogens is 5. The number of carbonyl (C=O) groups excluding carboxylic acids is 1. The molecule has 0 aliphatic carbocycles. The lowest BCUT2D eigenvalue weighted by atomic mass is 9.95. The molecule has 0 saturated carbocycles. The predicted octanol–water partition coefficient (Wildman–Crippen LogP) is 4.86. The number of nitrogens with zero attached hydrogens (tertiary/aromatic N) is 9. The molecule has 0 spiro atoms. The van der Waals surface area contributed by atoms with E-state index in [1.54, 1.807) is 29.8 Å². The molecule has 7 rings (SSSR count). The van der Waals surface area contributed by atoms with Crippen molar-refractivity contribution in [2.75, 3.05) is 57.0 Å². The van der Waals surface area contributed by atoms with Crippen LogP contribution in [-0.2, 0) is 11.0 Å². The summed E-state index contributed by atoms with van der Waals surface area (Å²) in [6.07, 6.45) is 0.275. The number of fused-ring (bicyclic) bond motifs is 2. The van der Waals surface area contributed by atoms with E-state index >= 15 is 4.39 Å². The Bertz CT molecular complexity index is 2020. The van der Waals surface area contributed by atoms with Crippen molar-refractivity contribution in [1.82, 2.24) is 39.1 Å². The van der Waals surface area contributed by atoms with Gasteiger partial charge in [-0.3, -0.25) is 14.7 Å². The van der Waals surface area contributed by atoms with Crippen molar-refractivity contribution in [2.24, 2.45) is 5.92 Å². The molecule has 0 bridgehead atoms. The van der Waals surface area contributed by atoms with Crippen LogP contribution in [0.15, 0.2) is 18.3 Å². The predicted molar refractivity (Wildman–Crippen MR) is 180 cm³/mol. The summed E-state index contributed by atoms with van der Waals surface area (Å²) in [5.41, 5.74) is 2.10. The van der Waals surface area contributed by atoms with Crippen LogP contribution in [0.25, 0.3) is 28.4 Å². The molecule has 4 aromatic heterocycles. The number of pyridine rings is 2. The number of likely N-dealkylation sites (tertiary alicyclic amines) is 1. The number of anilines is 2. The number of amides is 1.